The molecule has 0 saturated heterocycles. The summed E-state index contributed by atoms with van der Waals surface area (Å²) in [5, 5.41) is 3.53. The van der Waals surface area contributed by atoms with Gasteiger partial charge < -0.3 is 9.99 Å². The van der Waals surface area contributed by atoms with E-state index in [2.05, 4.69) is 54.4 Å². The molecule has 0 aliphatic carbocycles. The number of aromatic nitrogens is 1. The van der Waals surface area contributed by atoms with Crippen LogP contribution >= 0.6 is 0 Å². The van der Waals surface area contributed by atoms with E-state index in [0.717, 1.165) is 6.54 Å². The average Bonchev–Trinajstić information content (AvgIpc) is 2.76. The highest BCUT2D eigenvalue weighted by Gasteiger charge is 2.28. The van der Waals surface area contributed by atoms with Crippen molar-refractivity contribution >= 4 is 16.6 Å². The lowest BCUT2D eigenvalue weighted by Gasteiger charge is -2.34. The van der Waals surface area contributed by atoms with Crippen molar-refractivity contribution in [1.29, 1.82) is 0 Å². The molecule has 0 atom stereocenters. The minimum absolute atomic E-state index is 0.106. The lowest BCUT2D eigenvalue weighted by atomic mass is 10.1. The Kier molecular flexibility index (Phi) is 1.83. The van der Waals surface area contributed by atoms with E-state index in [1.54, 1.807) is 0 Å². The van der Waals surface area contributed by atoms with Gasteiger partial charge in [0.15, 0.2) is 0 Å². The van der Waals surface area contributed by atoms with Gasteiger partial charge in [-0.1, -0.05) is 0 Å². The lowest BCUT2D eigenvalue weighted by molar-refractivity contribution is 0.458. The summed E-state index contributed by atoms with van der Waals surface area (Å²) < 4.78 is 0. The van der Waals surface area contributed by atoms with Crippen molar-refractivity contribution in [1.82, 2.24) is 10.4 Å². The summed E-state index contributed by atoms with van der Waals surface area (Å²) in [4.78, 5) is 3.26. The number of nitrogens with zero attached hydrogens (tertiary/aromatic N) is 1. The third-order valence-corrected chi connectivity index (χ3v) is 3.09. The lowest BCUT2D eigenvalue weighted by Crippen LogP contribution is -2.47. The fourth-order valence-electron chi connectivity index (χ4n) is 2.33. The molecule has 0 amide bonds. The Morgan fingerprint density at radius 1 is 1.25 bits per heavy atom. The first-order valence-electron chi connectivity index (χ1n) is 5.69. The monoisotopic (exact) mass is 215 g/mol. The number of hydrogen-bond donors (Lipinski definition) is 2. The van der Waals surface area contributed by atoms with Gasteiger partial charge in [0.25, 0.3) is 0 Å². The number of rotatable bonds is 0. The second-order valence-corrected chi connectivity index (χ2v) is 5.39. The van der Waals surface area contributed by atoms with E-state index in [0.29, 0.717) is 0 Å². The van der Waals surface area contributed by atoms with Gasteiger partial charge >= 0.3 is 0 Å². The number of hydrogen-bond acceptors (Lipinski definition) is 2. The molecule has 3 nitrogen and oxygen atoms in total. The summed E-state index contributed by atoms with van der Waals surface area (Å²) in [6, 6.07) is 6.62. The van der Waals surface area contributed by atoms with E-state index in [9.17, 15) is 0 Å². The predicted molar refractivity (Wildman–Crippen MR) is 67.4 cm³/mol. The largest absolute Gasteiger partial charge is 0.361 e. The summed E-state index contributed by atoms with van der Waals surface area (Å²) in [5.41, 5.74) is 7.44. The van der Waals surface area contributed by atoms with E-state index < -0.39 is 0 Å². The number of aromatic amines is 1. The second-order valence-electron chi connectivity index (χ2n) is 5.39. The maximum Gasteiger partial charge on any atom is 0.0579 e. The zero-order valence-electron chi connectivity index (χ0n) is 9.96. The van der Waals surface area contributed by atoms with Crippen LogP contribution in [0.4, 0.5) is 5.69 Å². The molecule has 0 spiro atoms. The molecule has 3 rings (SSSR count). The Balaban J connectivity index is 2.17. The number of hydrazine groups is 1. The van der Waals surface area contributed by atoms with Crippen LogP contribution in [0.15, 0.2) is 24.4 Å². The fraction of sp³-hybridized carbons (Fsp3) is 0.385. The van der Waals surface area contributed by atoms with Crippen LogP contribution < -0.4 is 10.4 Å². The zero-order valence-corrected chi connectivity index (χ0v) is 9.96. The van der Waals surface area contributed by atoms with E-state index >= 15 is 0 Å². The van der Waals surface area contributed by atoms with Crippen molar-refractivity contribution in [3.05, 3.63) is 30.0 Å². The van der Waals surface area contributed by atoms with E-state index in [4.69, 9.17) is 0 Å². The van der Waals surface area contributed by atoms with Gasteiger partial charge in [0.1, 0.15) is 0 Å². The smallest absolute Gasteiger partial charge is 0.0579 e. The van der Waals surface area contributed by atoms with Gasteiger partial charge in [-0.05, 0) is 44.5 Å². The third kappa shape index (κ3) is 1.32. The molecule has 1 aromatic heterocycles. The molecule has 1 aliphatic rings. The molecule has 84 valence electrons. The van der Waals surface area contributed by atoms with E-state index in [-0.39, 0.29) is 5.54 Å². The van der Waals surface area contributed by atoms with Crippen LogP contribution in [0.5, 0.6) is 0 Å². The van der Waals surface area contributed by atoms with Gasteiger partial charge in [0.2, 0.25) is 0 Å². The van der Waals surface area contributed by atoms with Crippen LogP contribution in [0.3, 0.4) is 0 Å². The van der Waals surface area contributed by atoms with Gasteiger partial charge in [-0.3, -0.25) is 0 Å². The molecule has 2 aromatic rings. The molecule has 0 saturated carbocycles. The van der Waals surface area contributed by atoms with Gasteiger partial charge in [-0.2, -0.15) is 0 Å². The van der Waals surface area contributed by atoms with Crippen LogP contribution in [0.25, 0.3) is 10.9 Å². The summed E-state index contributed by atoms with van der Waals surface area (Å²) >= 11 is 0. The van der Waals surface area contributed by atoms with Crippen LogP contribution in [0.2, 0.25) is 0 Å². The SMILES string of the molecule is CC(C)(C)N1NCc2cc3[nH]ccc3cc21. The molecular weight excluding hydrogens is 198 g/mol. The number of nitrogens with one attached hydrogen (secondary N) is 2. The highest BCUT2D eigenvalue weighted by atomic mass is 15.6. The first-order chi connectivity index (χ1) is 7.55. The number of anilines is 1. The van der Waals surface area contributed by atoms with Crippen molar-refractivity contribution in [2.45, 2.75) is 32.9 Å². The van der Waals surface area contributed by atoms with Crippen molar-refractivity contribution < 1.29 is 0 Å². The maximum atomic E-state index is 3.45. The zero-order chi connectivity index (χ0) is 11.3. The Morgan fingerprint density at radius 3 is 2.81 bits per heavy atom. The van der Waals surface area contributed by atoms with E-state index in [1.165, 1.54) is 22.2 Å². The molecule has 0 fully saturated rings. The Labute approximate surface area is 95.4 Å². The molecular formula is C13H17N3. The minimum atomic E-state index is 0.106. The standard InChI is InChI=1S/C13H17N3/c1-13(2,3)16-12-7-9-4-5-14-11(9)6-10(12)8-15-16/h4-7,14-15H,8H2,1-3H3. The first kappa shape index (κ1) is 9.73. The predicted octanol–water partition coefficient (Wildman–Crippen LogP) is 2.79. The summed E-state index contributed by atoms with van der Waals surface area (Å²) in [5.74, 6) is 0. The molecule has 2 heterocycles. The highest BCUT2D eigenvalue weighted by Crippen LogP contribution is 2.33. The molecule has 1 aromatic carbocycles. The number of benzene rings is 1. The fourth-order valence-corrected chi connectivity index (χ4v) is 2.33. The molecule has 0 radical (unpaired) electrons. The summed E-state index contributed by atoms with van der Waals surface area (Å²) in [7, 11) is 0. The molecule has 0 bridgehead atoms. The Morgan fingerprint density at radius 2 is 2.06 bits per heavy atom. The van der Waals surface area contributed by atoms with Gasteiger partial charge in [0.05, 0.1) is 5.69 Å². The molecule has 16 heavy (non-hydrogen) atoms. The van der Waals surface area contributed by atoms with Crippen LogP contribution in [-0.4, -0.2) is 10.5 Å². The van der Waals surface area contributed by atoms with Crippen molar-refractivity contribution in [2.75, 3.05) is 5.01 Å². The van der Waals surface area contributed by atoms with Crippen LogP contribution in [0.1, 0.15) is 26.3 Å². The number of H-pyrrole nitrogens is 1. The van der Waals surface area contributed by atoms with Gasteiger partial charge in [-0.15, -0.1) is 0 Å². The Bertz CT molecular complexity index is 534. The second kappa shape index (κ2) is 3.01. The summed E-state index contributed by atoms with van der Waals surface area (Å²) in [6.45, 7) is 7.57. The normalized spacial score (nSPS) is 15.8. The van der Waals surface area contributed by atoms with Crippen LogP contribution in [-0.2, 0) is 6.54 Å². The number of fused-ring (bicyclic) bond motifs is 2. The van der Waals surface area contributed by atoms with Gasteiger partial charge in [0, 0.05) is 29.2 Å². The van der Waals surface area contributed by atoms with Gasteiger partial charge in [-0.25, -0.2) is 5.43 Å². The molecule has 1 aliphatic heterocycles. The first-order valence-corrected chi connectivity index (χ1v) is 5.69. The summed E-state index contributed by atoms with van der Waals surface area (Å²) in [6.07, 6.45) is 1.99. The van der Waals surface area contributed by atoms with E-state index in [1.807, 2.05) is 6.20 Å². The quantitative estimate of drug-likeness (QED) is 0.708. The van der Waals surface area contributed by atoms with Crippen molar-refractivity contribution in [3.8, 4) is 0 Å². The topological polar surface area (TPSA) is 31.1 Å². The molecule has 0 unspecified atom stereocenters. The Hall–Kier alpha value is -1.48. The van der Waals surface area contributed by atoms with Crippen LogP contribution in [0, 0.1) is 0 Å². The van der Waals surface area contributed by atoms with Crippen molar-refractivity contribution in [3.63, 3.8) is 0 Å². The van der Waals surface area contributed by atoms with Crippen molar-refractivity contribution in [2.24, 2.45) is 0 Å². The minimum Gasteiger partial charge on any atom is -0.361 e. The molecule has 2 N–H and O–H groups in total. The molecule has 3 heteroatoms. The average molecular weight is 215 g/mol. The highest BCUT2D eigenvalue weighted by molar-refractivity contribution is 5.85. The third-order valence-electron chi connectivity index (χ3n) is 3.09. The maximum absolute atomic E-state index is 3.45.